The number of fused-ring (bicyclic) bond motifs is 1. The van der Waals surface area contributed by atoms with Crippen molar-refractivity contribution in [1.82, 2.24) is 5.43 Å². The summed E-state index contributed by atoms with van der Waals surface area (Å²) < 4.78 is 0. The highest BCUT2D eigenvalue weighted by atomic mass is 16.2. The van der Waals surface area contributed by atoms with Gasteiger partial charge in [-0.2, -0.15) is 5.10 Å². The average Bonchev–Trinajstić information content (AvgIpc) is 2.68. The monoisotopic (exact) mass is 373 g/mol. The molecule has 5 nitrogen and oxygen atoms in total. The van der Waals surface area contributed by atoms with E-state index in [1.54, 1.807) is 6.21 Å². The molecule has 2 amide bonds. The summed E-state index contributed by atoms with van der Waals surface area (Å²) in [6, 6.07) is 19.8. The van der Waals surface area contributed by atoms with Gasteiger partial charge in [-0.15, -0.1) is 0 Å². The molecule has 0 saturated heterocycles. The molecule has 3 aromatic carbocycles. The molecule has 3 rings (SSSR count). The van der Waals surface area contributed by atoms with Crippen molar-refractivity contribution in [2.24, 2.45) is 5.10 Å². The fraction of sp³-hybridized carbons (Fsp3) is 0.174. The fourth-order valence-corrected chi connectivity index (χ4v) is 2.92. The molecular formula is C23H23N3O2. The highest BCUT2D eigenvalue weighted by Gasteiger charge is 2.08. The Bertz CT molecular complexity index is 1040. The van der Waals surface area contributed by atoms with E-state index in [2.05, 4.69) is 15.8 Å². The summed E-state index contributed by atoms with van der Waals surface area (Å²) in [5, 5.41) is 9.08. The van der Waals surface area contributed by atoms with Crippen LogP contribution in [0.4, 0.5) is 5.69 Å². The highest BCUT2D eigenvalue weighted by molar-refractivity contribution is 5.94. The van der Waals surface area contributed by atoms with Crippen LogP contribution in [0.2, 0.25) is 0 Å². The largest absolute Gasteiger partial charge is 0.326 e. The minimum absolute atomic E-state index is 0.0752. The van der Waals surface area contributed by atoms with Gasteiger partial charge in [-0.3, -0.25) is 9.59 Å². The number of nitrogens with one attached hydrogen (secondary N) is 2. The van der Waals surface area contributed by atoms with Crippen LogP contribution in [0.3, 0.4) is 0 Å². The Morgan fingerprint density at radius 1 is 0.893 bits per heavy atom. The first-order chi connectivity index (χ1) is 13.5. The number of carbonyl (C=O) groups is 2. The molecule has 0 unspecified atom stereocenters. The van der Waals surface area contributed by atoms with Crippen molar-refractivity contribution in [2.75, 3.05) is 5.32 Å². The second-order valence-corrected chi connectivity index (χ2v) is 6.77. The van der Waals surface area contributed by atoms with Gasteiger partial charge < -0.3 is 5.32 Å². The Labute approximate surface area is 164 Å². The predicted molar refractivity (Wildman–Crippen MR) is 113 cm³/mol. The van der Waals surface area contributed by atoms with Crippen LogP contribution in [0, 0.1) is 13.8 Å². The first-order valence-corrected chi connectivity index (χ1v) is 9.19. The van der Waals surface area contributed by atoms with Crippen molar-refractivity contribution in [3.05, 3.63) is 77.4 Å². The average molecular weight is 373 g/mol. The number of hydrogen-bond donors (Lipinski definition) is 2. The van der Waals surface area contributed by atoms with Crippen molar-refractivity contribution in [3.63, 3.8) is 0 Å². The SMILES string of the molecule is Cc1ccc(NC(=O)CCC(=O)NN=Cc2ccc3ccccc3c2)c(C)c1. The minimum atomic E-state index is -0.298. The molecule has 0 bridgehead atoms. The Kier molecular flexibility index (Phi) is 6.17. The summed E-state index contributed by atoms with van der Waals surface area (Å²) in [5.74, 6) is -0.492. The molecule has 5 heteroatoms. The van der Waals surface area contributed by atoms with E-state index in [4.69, 9.17) is 0 Å². The molecule has 0 aliphatic heterocycles. The molecule has 0 aromatic heterocycles. The Morgan fingerprint density at radius 2 is 1.64 bits per heavy atom. The Hall–Kier alpha value is -3.47. The molecule has 142 valence electrons. The topological polar surface area (TPSA) is 70.6 Å². The number of aryl methyl sites for hydroxylation is 2. The second kappa shape index (κ2) is 8.95. The standard InChI is InChI=1S/C23H23N3O2/c1-16-7-10-21(17(2)13-16)25-22(27)11-12-23(28)26-24-15-18-8-9-19-5-3-4-6-20(19)14-18/h3-10,13-15H,11-12H2,1-2H3,(H,25,27)(H,26,28). The second-order valence-electron chi connectivity index (χ2n) is 6.77. The molecule has 3 aromatic rings. The molecule has 0 radical (unpaired) electrons. The predicted octanol–water partition coefficient (Wildman–Crippen LogP) is 4.33. The van der Waals surface area contributed by atoms with Gasteiger partial charge in [0.05, 0.1) is 6.21 Å². The lowest BCUT2D eigenvalue weighted by Gasteiger charge is -2.08. The Morgan fingerprint density at radius 3 is 2.43 bits per heavy atom. The van der Waals surface area contributed by atoms with Crippen LogP contribution in [0.15, 0.2) is 65.8 Å². The zero-order valence-corrected chi connectivity index (χ0v) is 16.0. The Balaban J connectivity index is 1.47. The van der Waals surface area contributed by atoms with Gasteiger partial charge in [0.25, 0.3) is 0 Å². The van der Waals surface area contributed by atoms with Crippen LogP contribution >= 0.6 is 0 Å². The van der Waals surface area contributed by atoms with Gasteiger partial charge in [-0.05, 0) is 47.9 Å². The first kappa shape index (κ1) is 19.3. The van der Waals surface area contributed by atoms with Gasteiger partial charge >= 0.3 is 0 Å². The maximum absolute atomic E-state index is 12.0. The summed E-state index contributed by atoms with van der Waals surface area (Å²) in [6.07, 6.45) is 1.77. The first-order valence-electron chi connectivity index (χ1n) is 9.19. The molecule has 2 N–H and O–H groups in total. The van der Waals surface area contributed by atoms with Crippen LogP contribution in [-0.2, 0) is 9.59 Å². The van der Waals surface area contributed by atoms with Gasteiger partial charge in [-0.1, -0.05) is 54.1 Å². The molecule has 0 aliphatic rings. The summed E-state index contributed by atoms with van der Waals surface area (Å²) >= 11 is 0. The van der Waals surface area contributed by atoms with Gasteiger partial charge in [0.15, 0.2) is 0 Å². The smallest absolute Gasteiger partial charge is 0.240 e. The zero-order valence-electron chi connectivity index (χ0n) is 16.0. The normalized spacial score (nSPS) is 10.9. The maximum Gasteiger partial charge on any atom is 0.240 e. The molecule has 0 spiro atoms. The third kappa shape index (κ3) is 5.27. The van der Waals surface area contributed by atoms with E-state index < -0.39 is 0 Å². The van der Waals surface area contributed by atoms with E-state index in [9.17, 15) is 9.59 Å². The molecule has 0 atom stereocenters. The molecule has 0 fully saturated rings. The van der Waals surface area contributed by atoms with Gasteiger partial charge in [-0.25, -0.2) is 5.43 Å². The van der Waals surface area contributed by atoms with E-state index >= 15 is 0 Å². The molecule has 28 heavy (non-hydrogen) atoms. The number of anilines is 1. The van der Waals surface area contributed by atoms with Crippen LogP contribution < -0.4 is 10.7 Å². The lowest BCUT2D eigenvalue weighted by molar-refractivity contribution is -0.124. The highest BCUT2D eigenvalue weighted by Crippen LogP contribution is 2.16. The lowest BCUT2D eigenvalue weighted by Crippen LogP contribution is -2.20. The number of hydrazone groups is 1. The maximum atomic E-state index is 12.0. The number of carbonyl (C=O) groups excluding carboxylic acids is 2. The lowest BCUT2D eigenvalue weighted by atomic mass is 10.1. The molecule has 0 heterocycles. The van der Waals surface area contributed by atoms with Crippen LogP contribution in [0.25, 0.3) is 10.8 Å². The molecule has 0 aliphatic carbocycles. The van der Waals surface area contributed by atoms with E-state index in [1.807, 2.05) is 74.5 Å². The summed E-state index contributed by atoms with van der Waals surface area (Å²) in [4.78, 5) is 24.0. The fourth-order valence-electron chi connectivity index (χ4n) is 2.92. The number of nitrogens with zero attached hydrogens (tertiary/aromatic N) is 1. The van der Waals surface area contributed by atoms with Crippen molar-refractivity contribution < 1.29 is 9.59 Å². The van der Waals surface area contributed by atoms with Gasteiger partial charge in [0, 0.05) is 18.5 Å². The van der Waals surface area contributed by atoms with E-state index in [-0.39, 0.29) is 24.7 Å². The van der Waals surface area contributed by atoms with Crippen molar-refractivity contribution in [3.8, 4) is 0 Å². The van der Waals surface area contributed by atoms with E-state index in [1.165, 1.54) is 0 Å². The third-order valence-corrected chi connectivity index (χ3v) is 4.41. The number of amides is 2. The molecule has 0 saturated carbocycles. The number of benzene rings is 3. The third-order valence-electron chi connectivity index (χ3n) is 4.41. The number of rotatable bonds is 6. The summed E-state index contributed by atoms with van der Waals surface area (Å²) in [7, 11) is 0. The van der Waals surface area contributed by atoms with Crippen molar-refractivity contribution >= 4 is 34.5 Å². The van der Waals surface area contributed by atoms with Crippen molar-refractivity contribution in [1.29, 1.82) is 0 Å². The summed E-state index contributed by atoms with van der Waals surface area (Å²) in [5.41, 5.74) is 6.27. The number of hydrogen-bond acceptors (Lipinski definition) is 3. The van der Waals surface area contributed by atoms with E-state index in [0.29, 0.717) is 0 Å². The van der Waals surface area contributed by atoms with Crippen LogP contribution in [-0.4, -0.2) is 18.0 Å². The van der Waals surface area contributed by atoms with E-state index in [0.717, 1.165) is 33.2 Å². The quantitative estimate of drug-likeness (QED) is 0.499. The summed E-state index contributed by atoms with van der Waals surface area (Å²) in [6.45, 7) is 3.94. The van der Waals surface area contributed by atoms with Gasteiger partial charge in [0.2, 0.25) is 11.8 Å². The zero-order chi connectivity index (χ0) is 19.9. The van der Waals surface area contributed by atoms with Crippen LogP contribution in [0.1, 0.15) is 29.5 Å². The van der Waals surface area contributed by atoms with Gasteiger partial charge in [0.1, 0.15) is 0 Å². The molecular weight excluding hydrogens is 350 g/mol. The van der Waals surface area contributed by atoms with Crippen molar-refractivity contribution in [2.45, 2.75) is 26.7 Å². The minimum Gasteiger partial charge on any atom is -0.326 e. The van der Waals surface area contributed by atoms with Crippen LogP contribution in [0.5, 0.6) is 0 Å².